The van der Waals surface area contributed by atoms with E-state index in [1.165, 1.54) is 0 Å². The number of anilines is 1. The van der Waals surface area contributed by atoms with Crippen LogP contribution in [-0.2, 0) is 14.4 Å². The Hall–Kier alpha value is -3.15. The lowest BCUT2D eigenvalue weighted by atomic mass is 10.1. The Morgan fingerprint density at radius 3 is 2.50 bits per heavy atom. The lowest BCUT2D eigenvalue weighted by Gasteiger charge is -2.18. The van der Waals surface area contributed by atoms with Crippen LogP contribution in [0.5, 0.6) is 0 Å². The van der Waals surface area contributed by atoms with Gasteiger partial charge in [-0.3, -0.25) is 14.4 Å². The fraction of sp³-hybridized carbons (Fsp3) is 0.143. The standard InChI is InChI=1S/C14H10F2N6O3S/c1-26-14-19-12(24)10(13(25)20-14)11(23)18-5-2-6(15)9(7(16)3-5)8-4-17-22-21-8/h2-4,10H,1H3,(H,18,23)(H,17,21,22)(H,19,20,24,25). The van der Waals surface area contributed by atoms with Gasteiger partial charge in [0.15, 0.2) is 11.1 Å². The van der Waals surface area contributed by atoms with Gasteiger partial charge in [0.05, 0.1) is 11.8 Å². The third-order valence-corrected chi connectivity index (χ3v) is 3.97. The molecule has 3 N–H and O–H groups in total. The lowest BCUT2D eigenvalue weighted by molar-refractivity contribution is -0.139. The van der Waals surface area contributed by atoms with Crippen molar-refractivity contribution in [1.29, 1.82) is 0 Å². The summed E-state index contributed by atoms with van der Waals surface area (Å²) in [5.74, 6) is -6.63. The summed E-state index contributed by atoms with van der Waals surface area (Å²) < 4.78 is 28.3. The van der Waals surface area contributed by atoms with Gasteiger partial charge in [0, 0.05) is 5.69 Å². The van der Waals surface area contributed by atoms with E-state index in [0.29, 0.717) is 0 Å². The molecule has 0 fully saturated rings. The van der Waals surface area contributed by atoms with Crippen LogP contribution in [0.1, 0.15) is 0 Å². The van der Waals surface area contributed by atoms with Gasteiger partial charge in [-0.05, 0) is 18.4 Å². The maximum absolute atomic E-state index is 14.2. The molecule has 3 rings (SSSR count). The van der Waals surface area contributed by atoms with Crippen LogP contribution >= 0.6 is 11.8 Å². The van der Waals surface area contributed by atoms with Crippen LogP contribution in [0.4, 0.5) is 14.5 Å². The summed E-state index contributed by atoms with van der Waals surface area (Å²) >= 11 is 1.03. The van der Waals surface area contributed by atoms with Crippen LogP contribution < -0.4 is 10.6 Å². The normalized spacial score (nSPS) is 16.9. The number of rotatable bonds is 3. The molecule has 9 nitrogen and oxygen atoms in total. The lowest BCUT2D eigenvalue weighted by Crippen LogP contribution is -2.48. The van der Waals surface area contributed by atoms with Crippen LogP contribution in [0, 0.1) is 17.6 Å². The monoisotopic (exact) mass is 380 g/mol. The number of benzene rings is 1. The number of nitrogens with zero attached hydrogens (tertiary/aromatic N) is 3. The molecule has 0 radical (unpaired) electrons. The van der Waals surface area contributed by atoms with Crippen molar-refractivity contribution in [3.63, 3.8) is 0 Å². The molecule has 1 aromatic carbocycles. The number of aliphatic imine (C=N–C) groups is 1. The van der Waals surface area contributed by atoms with Gasteiger partial charge in [-0.25, -0.2) is 8.78 Å². The fourth-order valence-electron chi connectivity index (χ4n) is 2.24. The Morgan fingerprint density at radius 2 is 1.96 bits per heavy atom. The topological polar surface area (TPSA) is 129 Å². The van der Waals surface area contributed by atoms with Gasteiger partial charge in [-0.2, -0.15) is 20.4 Å². The average molecular weight is 380 g/mol. The molecule has 0 saturated heterocycles. The van der Waals surface area contributed by atoms with Crippen LogP contribution in [0.2, 0.25) is 0 Å². The van der Waals surface area contributed by atoms with Crippen LogP contribution in [0.3, 0.4) is 0 Å². The second kappa shape index (κ2) is 7.00. The zero-order valence-corrected chi connectivity index (χ0v) is 13.9. The van der Waals surface area contributed by atoms with Gasteiger partial charge < -0.3 is 10.6 Å². The van der Waals surface area contributed by atoms with E-state index >= 15 is 0 Å². The van der Waals surface area contributed by atoms with Crippen molar-refractivity contribution in [3.8, 4) is 11.3 Å². The van der Waals surface area contributed by atoms with E-state index in [9.17, 15) is 23.2 Å². The number of hydrogen-bond donors (Lipinski definition) is 3. The van der Waals surface area contributed by atoms with Gasteiger partial charge in [-0.1, -0.05) is 11.8 Å². The zero-order valence-electron chi connectivity index (χ0n) is 13.0. The molecule has 1 aliphatic rings. The highest BCUT2D eigenvalue weighted by molar-refractivity contribution is 8.13. The summed E-state index contributed by atoms with van der Waals surface area (Å²) in [6.07, 6.45) is 2.72. The minimum atomic E-state index is -1.74. The Labute approximate surface area is 148 Å². The maximum atomic E-state index is 14.2. The average Bonchev–Trinajstić information content (AvgIpc) is 3.07. The van der Waals surface area contributed by atoms with Crippen molar-refractivity contribution >= 4 is 40.3 Å². The van der Waals surface area contributed by atoms with E-state index in [1.807, 2.05) is 0 Å². The largest absolute Gasteiger partial charge is 0.325 e. The number of carbonyl (C=O) groups is 3. The summed E-state index contributed by atoms with van der Waals surface area (Å²) in [5, 5.41) is 13.8. The first-order valence-corrected chi connectivity index (χ1v) is 8.26. The summed E-state index contributed by atoms with van der Waals surface area (Å²) in [6, 6.07) is 1.68. The van der Waals surface area contributed by atoms with Crippen molar-refractivity contribution < 1.29 is 23.2 Å². The van der Waals surface area contributed by atoms with E-state index in [0.717, 1.165) is 30.1 Å². The quantitative estimate of drug-likeness (QED) is 0.672. The molecule has 12 heteroatoms. The number of hydrogen-bond acceptors (Lipinski definition) is 6. The minimum absolute atomic E-state index is 0.0568. The van der Waals surface area contributed by atoms with Crippen molar-refractivity contribution in [3.05, 3.63) is 30.0 Å². The number of H-pyrrole nitrogens is 1. The van der Waals surface area contributed by atoms with E-state index in [1.54, 1.807) is 6.26 Å². The molecule has 2 aromatic rings. The molecule has 1 unspecified atom stereocenters. The van der Waals surface area contributed by atoms with E-state index in [4.69, 9.17) is 0 Å². The molecular weight excluding hydrogens is 370 g/mol. The van der Waals surface area contributed by atoms with Gasteiger partial charge in [0.2, 0.25) is 11.8 Å². The molecule has 0 saturated carbocycles. The summed E-state index contributed by atoms with van der Waals surface area (Å²) in [5.41, 5.74) is -0.756. The number of amidine groups is 1. The first kappa shape index (κ1) is 17.7. The van der Waals surface area contributed by atoms with Crippen LogP contribution in [0.15, 0.2) is 23.3 Å². The number of aromatic amines is 1. The molecule has 3 amide bonds. The zero-order chi connectivity index (χ0) is 18.8. The van der Waals surface area contributed by atoms with Gasteiger partial charge in [0.1, 0.15) is 17.3 Å². The molecule has 0 bridgehead atoms. The Balaban J connectivity index is 1.83. The second-order valence-corrected chi connectivity index (χ2v) is 5.84. The Bertz CT molecular complexity index is 908. The first-order chi connectivity index (χ1) is 12.4. The molecule has 2 heterocycles. The van der Waals surface area contributed by atoms with E-state index < -0.39 is 40.8 Å². The van der Waals surface area contributed by atoms with Crippen molar-refractivity contribution in [1.82, 2.24) is 20.7 Å². The van der Waals surface area contributed by atoms with Crippen LogP contribution in [-0.4, -0.2) is 44.6 Å². The first-order valence-electron chi connectivity index (χ1n) is 7.04. The molecule has 1 aliphatic heterocycles. The number of thioether (sulfide) groups is 1. The number of carbonyl (C=O) groups excluding carboxylic acids is 3. The van der Waals surface area contributed by atoms with E-state index in [2.05, 4.69) is 31.0 Å². The minimum Gasteiger partial charge on any atom is -0.325 e. The SMILES string of the molecule is CSC1=NC(=O)C(C(=O)Nc2cc(F)c(-c3cn[nH]n3)c(F)c2)C(=O)N1. The smallest absolute Gasteiger partial charge is 0.270 e. The number of aromatic nitrogens is 3. The molecule has 1 atom stereocenters. The fourth-order valence-corrected chi connectivity index (χ4v) is 2.62. The van der Waals surface area contributed by atoms with Gasteiger partial charge in [-0.15, -0.1) is 0 Å². The van der Waals surface area contributed by atoms with Crippen molar-refractivity contribution in [2.75, 3.05) is 11.6 Å². The highest BCUT2D eigenvalue weighted by Gasteiger charge is 2.38. The molecule has 134 valence electrons. The number of halogens is 2. The summed E-state index contributed by atoms with van der Waals surface area (Å²) in [4.78, 5) is 39.5. The summed E-state index contributed by atoms with van der Waals surface area (Å²) in [7, 11) is 0. The maximum Gasteiger partial charge on any atom is 0.270 e. The number of amides is 3. The highest BCUT2D eigenvalue weighted by Crippen LogP contribution is 2.27. The van der Waals surface area contributed by atoms with Crippen molar-refractivity contribution in [2.45, 2.75) is 0 Å². The highest BCUT2D eigenvalue weighted by atomic mass is 32.2. The third-order valence-electron chi connectivity index (χ3n) is 3.39. The van der Waals surface area contributed by atoms with Crippen LogP contribution in [0.25, 0.3) is 11.3 Å². The summed E-state index contributed by atoms with van der Waals surface area (Å²) in [6.45, 7) is 0. The Kier molecular flexibility index (Phi) is 4.75. The molecule has 0 aliphatic carbocycles. The number of nitrogens with one attached hydrogen (secondary N) is 3. The molecule has 0 spiro atoms. The van der Waals surface area contributed by atoms with Crippen molar-refractivity contribution in [2.24, 2.45) is 10.9 Å². The van der Waals surface area contributed by atoms with E-state index in [-0.39, 0.29) is 16.5 Å². The predicted octanol–water partition coefficient (Wildman–Crippen LogP) is 0.680. The van der Waals surface area contributed by atoms with Gasteiger partial charge >= 0.3 is 0 Å². The second-order valence-electron chi connectivity index (χ2n) is 5.04. The molecular formula is C14H10F2N6O3S. The van der Waals surface area contributed by atoms with Gasteiger partial charge in [0.25, 0.3) is 5.91 Å². The Morgan fingerprint density at radius 1 is 1.27 bits per heavy atom. The third kappa shape index (κ3) is 3.31. The predicted molar refractivity (Wildman–Crippen MR) is 88.0 cm³/mol. The molecule has 26 heavy (non-hydrogen) atoms. The molecule has 1 aromatic heterocycles.